The minimum absolute atomic E-state index is 0.0316. The fraction of sp³-hybridized carbons (Fsp3) is 0.455. The van der Waals surface area contributed by atoms with Crippen LogP contribution in [0.3, 0.4) is 0 Å². The molecule has 0 saturated carbocycles. The molecular formula is C11H16Cl2N2O. The van der Waals surface area contributed by atoms with Gasteiger partial charge in [-0.1, -0.05) is 23.2 Å². The Hall–Kier alpha value is -0.480. The molecule has 1 rings (SSSR count). The summed E-state index contributed by atoms with van der Waals surface area (Å²) in [5, 5.41) is 4.24. The normalized spacial score (nSPS) is 14.6. The minimum Gasteiger partial charge on any atom is -0.495 e. The maximum atomic E-state index is 6.16. The van der Waals surface area contributed by atoms with Crippen molar-refractivity contribution in [2.45, 2.75) is 19.0 Å². The molecule has 0 bridgehead atoms. The van der Waals surface area contributed by atoms with Crippen LogP contribution in [0.2, 0.25) is 10.0 Å². The Morgan fingerprint density at radius 3 is 2.38 bits per heavy atom. The first kappa shape index (κ1) is 13.6. The van der Waals surface area contributed by atoms with Gasteiger partial charge in [-0.05, 0) is 25.6 Å². The summed E-state index contributed by atoms with van der Waals surface area (Å²) in [5.74, 6) is 0.565. The maximum Gasteiger partial charge on any atom is 0.138 e. The highest BCUT2D eigenvalue weighted by Gasteiger charge is 2.19. The average Bonchev–Trinajstić information content (AvgIpc) is 2.23. The molecule has 0 radical (unpaired) electrons. The first-order valence-electron chi connectivity index (χ1n) is 4.97. The van der Waals surface area contributed by atoms with Gasteiger partial charge in [-0.3, -0.25) is 0 Å². The van der Waals surface area contributed by atoms with Crippen LogP contribution in [0.4, 0.5) is 0 Å². The van der Waals surface area contributed by atoms with Gasteiger partial charge in [0.05, 0.1) is 12.1 Å². The Balaban J connectivity index is 3.18. The lowest BCUT2D eigenvalue weighted by molar-refractivity contribution is 0.414. The summed E-state index contributed by atoms with van der Waals surface area (Å²) in [4.78, 5) is 0. The summed E-state index contributed by atoms with van der Waals surface area (Å²) in [5.41, 5.74) is 6.75. The second kappa shape index (κ2) is 5.73. The van der Waals surface area contributed by atoms with E-state index in [1.807, 2.05) is 14.0 Å². The number of hydrogen-bond donors (Lipinski definition) is 2. The van der Waals surface area contributed by atoms with Gasteiger partial charge in [-0.15, -0.1) is 0 Å². The fourth-order valence-corrected chi connectivity index (χ4v) is 2.16. The molecule has 1 aromatic carbocycles. The van der Waals surface area contributed by atoms with E-state index >= 15 is 0 Å². The molecule has 0 aromatic heterocycles. The van der Waals surface area contributed by atoms with Gasteiger partial charge < -0.3 is 15.8 Å². The fourth-order valence-electron chi connectivity index (χ4n) is 1.64. The summed E-state index contributed by atoms with van der Waals surface area (Å²) >= 11 is 12.2. The second-order valence-electron chi connectivity index (χ2n) is 3.63. The van der Waals surface area contributed by atoms with Crippen molar-refractivity contribution in [1.82, 2.24) is 5.32 Å². The standard InChI is InChI=1S/C11H16Cl2N2O/c1-6(14)11(15-2)7-4-9(13)10(16-3)5-8(7)12/h4-6,11,15H,14H2,1-3H3. The highest BCUT2D eigenvalue weighted by Crippen LogP contribution is 2.34. The van der Waals surface area contributed by atoms with Crippen LogP contribution in [0, 0.1) is 0 Å². The van der Waals surface area contributed by atoms with Gasteiger partial charge in [-0.25, -0.2) is 0 Å². The lowest BCUT2D eigenvalue weighted by atomic mass is 10.0. The van der Waals surface area contributed by atoms with Crippen LogP contribution in [0.5, 0.6) is 5.75 Å². The molecule has 0 aliphatic heterocycles. The van der Waals surface area contributed by atoms with Crippen LogP contribution in [-0.2, 0) is 0 Å². The van der Waals surface area contributed by atoms with Crippen molar-refractivity contribution in [3.8, 4) is 5.75 Å². The van der Waals surface area contributed by atoms with Gasteiger partial charge in [0.25, 0.3) is 0 Å². The van der Waals surface area contributed by atoms with Crippen LogP contribution in [0.1, 0.15) is 18.5 Å². The van der Waals surface area contributed by atoms with E-state index in [0.29, 0.717) is 15.8 Å². The zero-order valence-electron chi connectivity index (χ0n) is 9.55. The number of rotatable bonds is 4. The monoisotopic (exact) mass is 262 g/mol. The summed E-state index contributed by atoms with van der Waals surface area (Å²) in [7, 11) is 3.39. The zero-order valence-corrected chi connectivity index (χ0v) is 11.1. The van der Waals surface area contributed by atoms with Crippen molar-refractivity contribution in [1.29, 1.82) is 0 Å². The second-order valence-corrected chi connectivity index (χ2v) is 4.45. The van der Waals surface area contributed by atoms with Crippen molar-refractivity contribution in [2.75, 3.05) is 14.2 Å². The first-order valence-corrected chi connectivity index (χ1v) is 5.72. The Labute approximate surface area is 106 Å². The van der Waals surface area contributed by atoms with Gasteiger partial charge in [0, 0.05) is 23.2 Å². The molecule has 0 fully saturated rings. The largest absolute Gasteiger partial charge is 0.495 e. The van der Waals surface area contributed by atoms with Crippen LogP contribution in [0.15, 0.2) is 12.1 Å². The van der Waals surface area contributed by atoms with E-state index in [2.05, 4.69) is 5.32 Å². The molecule has 3 N–H and O–H groups in total. The van der Waals surface area contributed by atoms with Crippen LogP contribution in [-0.4, -0.2) is 20.2 Å². The lowest BCUT2D eigenvalue weighted by Crippen LogP contribution is -2.33. The van der Waals surface area contributed by atoms with Crippen molar-refractivity contribution in [2.24, 2.45) is 5.73 Å². The summed E-state index contributed by atoms with van der Waals surface area (Å²) in [6.07, 6.45) is 0. The highest BCUT2D eigenvalue weighted by atomic mass is 35.5. The molecule has 0 amide bonds. The predicted octanol–water partition coefficient (Wildman–Crippen LogP) is 2.61. The maximum absolute atomic E-state index is 6.16. The molecule has 3 nitrogen and oxygen atoms in total. The van der Waals surface area contributed by atoms with Crippen LogP contribution >= 0.6 is 23.2 Å². The summed E-state index contributed by atoms with van der Waals surface area (Å²) in [6, 6.07) is 3.39. The molecule has 2 unspecified atom stereocenters. The van der Waals surface area contributed by atoms with Crippen molar-refractivity contribution in [3.63, 3.8) is 0 Å². The van der Waals surface area contributed by atoms with E-state index in [9.17, 15) is 0 Å². The Bertz CT molecular complexity index is 369. The number of halogens is 2. The molecule has 2 atom stereocenters. The minimum atomic E-state index is -0.0630. The lowest BCUT2D eigenvalue weighted by Gasteiger charge is -2.22. The van der Waals surface area contributed by atoms with Crippen molar-refractivity contribution >= 4 is 23.2 Å². The molecule has 0 saturated heterocycles. The van der Waals surface area contributed by atoms with E-state index in [0.717, 1.165) is 5.56 Å². The third-order valence-electron chi connectivity index (χ3n) is 2.44. The topological polar surface area (TPSA) is 47.3 Å². The number of nitrogens with one attached hydrogen (secondary N) is 1. The molecular weight excluding hydrogens is 247 g/mol. The molecule has 90 valence electrons. The predicted molar refractivity (Wildman–Crippen MR) is 68.5 cm³/mol. The summed E-state index contributed by atoms with van der Waals surface area (Å²) < 4.78 is 5.09. The molecule has 0 spiro atoms. The Morgan fingerprint density at radius 2 is 1.94 bits per heavy atom. The SMILES string of the molecule is CNC(c1cc(Cl)c(OC)cc1Cl)C(C)N. The van der Waals surface area contributed by atoms with E-state index in [-0.39, 0.29) is 12.1 Å². The highest BCUT2D eigenvalue weighted by molar-refractivity contribution is 6.34. The molecule has 0 aliphatic carbocycles. The molecule has 0 heterocycles. The van der Waals surface area contributed by atoms with Crippen molar-refractivity contribution < 1.29 is 4.74 Å². The van der Waals surface area contributed by atoms with Gasteiger partial charge in [-0.2, -0.15) is 0 Å². The van der Waals surface area contributed by atoms with Crippen LogP contribution in [0.25, 0.3) is 0 Å². The van der Waals surface area contributed by atoms with Gasteiger partial charge in [0.15, 0.2) is 0 Å². The van der Waals surface area contributed by atoms with Crippen LogP contribution < -0.4 is 15.8 Å². The third-order valence-corrected chi connectivity index (χ3v) is 3.07. The average molecular weight is 263 g/mol. The van der Waals surface area contributed by atoms with E-state index in [1.54, 1.807) is 19.2 Å². The number of ether oxygens (including phenoxy) is 1. The van der Waals surface area contributed by atoms with E-state index in [1.165, 1.54) is 0 Å². The molecule has 16 heavy (non-hydrogen) atoms. The quantitative estimate of drug-likeness (QED) is 0.877. The number of nitrogens with two attached hydrogens (primary N) is 1. The number of benzene rings is 1. The number of hydrogen-bond acceptors (Lipinski definition) is 3. The smallest absolute Gasteiger partial charge is 0.138 e. The first-order chi connectivity index (χ1) is 7.51. The van der Waals surface area contributed by atoms with Gasteiger partial charge >= 0.3 is 0 Å². The van der Waals surface area contributed by atoms with E-state index < -0.39 is 0 Å². The number of methoxy groups -OCH3 is 1. The van der Waals surface area contributed by atoms with Gasteiger partial charge in [0.1, 0.15) is 5.75 Å². The third kappa shape index (κ3) is 2.80. The molecule has 0 aliphatic rings. The van der Waals surface area contributed by atoms with Gasteiger partial charge in [0.2, 0.25) is 0 Å². The number of likely N-dealkylation sites (N-methyl/N-ethyl adjacent to an activating group) is 1. The van der Waals surface area contributed by atoms with E-state index in [4.69, 9.17) is 33.7 Å². The molecule has 1 aromatic rings. The zero-order chi connectivity index (χ0) is 12.3. The molecule has 5 heteroatoms. The summed E-state index contributed by atoms with van der Waals surface area (Å²) in [6.45, 7) is 1.91. The Kier molecular flexibility index (Phi) is 4.87. The Morgan fingerprint density at radius 1 is 1.31 bits per heavy atom. The van der Waals surface area contributed by atoms with Crippen molar-refractivity contribution in [3.05, 3.63) is 27.7 Å².